The van der Waals surface area contributed by atoms with Crippen LogP contribution in [0, 0.1) is 12.8 Å². The first kappa shape index (κ1) is 22.7. The lowest BCUT2D eigenvalue weighted by Gasteiger charge is -2.33. The molecule has 1 aliphatic carbocycles. The molecule has 0 saturated heterocycles. The number of aryl methyl sites for hydroxylation is 1. The van der Waals surface area contributed by atoms with Crippen LogP contribution in [0.2, 0.25) is 5.02 Å². The second-order valence-electron chi connectivity index (χ2n) is 7.99. The molecule has 164 valence electrons. The maximum absolute atomic E-state index is 12.9. The number of carbonyl (C=O) groups is 3. The van der Waals surface area contributed by atoms with Crippen molar-refractivity contribution >= 4 is 40.8 Å². The molecule has 3 amide bonds. The van der Waals surface area contributed by atoms with E-state index in [2.05, 4.69) is 15.6 Å². The highest BCUT2D eigenvalue weighted by atomic mass is 35.5. The van der Waals surface area contributed by atoms with Gasteiger partial charge in [0, 0.05) is 32.1 Å². The summed E-state index contributed by atoms with van der Waals surface area (Å²) in [6, 6.07) is 8.76. The SMILES string of the molecule is CC(=O)N(C)C1CCC(C(=O)Nc2ccc(C)cc2C(=O)Nc2ccc(Cl)cn2)CC1. The molecule has 1 aromatic heterocycles. The first-order chi connectivity index (χ1) is 14.7. The van der Waals surface area contributed by atoms with Gasteiger partial charge in [0.15, 0.2) is 0 Å². The van der Waals surface area contributed by atoms with Crippen molar-refractivity contribution in [2.45, 2.75) is 45.6 Å². The summed E-state index contributed by atoms with van der Waals surface area (Å²) in [4.78, 5) is 43.1. The number of benzene rings is 1. The molecule has 1 aliphatic rings. The lowest BCUT2D eigenvalue weighted by molar-refractivity contribution is -0.130. The minimum absolute atomic E-state index is 0.0402. The number of nitrogens with zero attached hydrogens (tertiary/aromatic N) is 2. The van der Waals surface area contributed by atoms with Crippen molar-refractivity contribution < 1.29 is 14.4 Å². The minimum atomic E-state index is -0.361. The normalized spacial score (nSPS) is 18.2. The van der Waals surface area contributed by atoms with E-state index in [0.717, 1.165) is 18.4 Å². The number of anilines is 2. The Balaban J connectivity index is 1.68. The van der Waals surface area contributed by atoms with Gasteiger partial charge in [-0.05, 0) is 56.9 Å². The van der Waals surface area contributed by atoms with Crippen LogP contribution in [0.5, 0.6) is 0 Å². The minimum Gasteiger partial charge on any atom is -0.343 e. The largest absolute Gasteiger partial charge is 0.343 e. The number of halogens is 1. The molecule has 2 aromatic rings. The summed E-state index contributed by atoms with van der Waals surface area (Å²) in [7, 11) is 1.81. The quantitative estimate of drug-likeness (QED) is 0.723. The molecule has 1 saturated carbocycles. The van der Waals surface area contributed by atoms with Crippen LogP contribution in [0.15, 0.2) is 36.5 Å². The van der Waals surface area contributed by atoms with Crippen molar-refractivity contribution in [3.05, 3.63) is 52.7 Å². The molecule has 0 radical (unpaired) electrons. The number of pyridine rings is 1. The number of hydrogen-bond donors (Lipinski definition) is 2. The summed E-state index contributed by atoms with van der Waals surface area (Å²) < 4.78 is 0. The molecular formula is C23H27ClN4O3. The van der Waals surface area contributed by atoms with Crippen LogP contribution in [0.1, 0.15) is 48.5 Å². The first-order valence-corrected chi connectivity index (χ1v) is 10.7. The summed E-state index contributed by atoms with van der Waals surface area (Å²) in [5.74, 6) is -0.196. The van der Waals surface area contributed by atoms with Gasteiger partial charge in [0.1, 0.15) is 5.82 Å². The lowest BCUT2D eigenvalue weighted by atomic mass is 9.84. The highest BCUT2D eigenvalue weighted by molar-refractivity contribution is 6.30. The lowest BCUT2D eigenvalue weighted by Crippen LogP contribution is -2.40. The average molecular weight is 443 g/mol. The van der Waals surface area contributed by atoms with Crippen LogP contribution in [0.3, 0.4) is 0 Å². The van der Waals surface area contributed by atoms with Gasteiger partial charge in [-0.15, -0.1) is 0 Å². The van der Waals surface area contributed by atoms with Gasteiger partial charge >= 0.3 is 0 Å². The third kappa shape index (κ3) is 5.82. The van der Waals surface area contributed by atoms with Crippen molar-refractivity contribution in [1.82, 2.24) is 9.88 Å². The van der Waals surface area contributed by atoms with Crippen LogP contribution in [-0.2, 0) is 9.59 Å². The van der Waals surface area contributed by atoms with Gasteiger partial charge in [0.2, 0.25) is 11.8 Å². The van der Waals surface area contributed by atoms with E-state index in [1.54, 1.807) is 43.1 Å². The van der Waals surface area contributed by atoms with E-state index < -0.39 is 0 Å². The second kappa shape index (κ2) is 9.92. The van der Waals surface area contributed by atoms with Crippen molar-refractivity contribution in [3.8, 4) is 0 Å². The van der Waals surface area contributed by atoms with E-state index in [9.17, 15) is 14.4 Å². The molecule has 8 heteroatoms. The maximum atomic E-state index is 12.9. The zero-order valence-electron chi connectivity index (χ0n) is 17.9. The number of hydrogen-bond acceptors (Lipinski definition) is 4. The summed E-state index contributed by atoms with van der Waals surface area (Å²) in [5.41, 5.74) is 1.74. The first-order valence-electron chi connectivity index (χ1n) is 10.3. The number of carbonyl (C=O) groups excluding carboxylic acids is 3. The molecule has 2 N–H and O–H groups in total. The standard InChI is InChI=1S/C23H27ClN4O3/c1-14-4-10-20(19(12-14)23(31)27-21-11-7-17(24)13-25-21)26-22(30)16-5-8-18(9-6-16)28(3)15(2)29/h4,7,10-13,16,18H,5-6,8-9H2,1-3H3,(H,26,30)(H,25,27,31). The fourth-order valence-corrected chi connectivity index (χ4v) is 3.92. The Labute approximate surface area is 187 Å². The third-order valence-electron chi connectivity index (χ3n) is 5.76. The summed E-state index contributed by atoms with van der Waals surface area (Å²) in [6.45, 7) is 3.44. The highest BCUT2D eigenvalue weighted by Crippen LogP contribution is 2.29. The van der Waals surface area contributed by atoms with Crippen molar-refractivity contribution in [2.24, 2.45) is 5.92 Å². The summed E-state index contributed by atoms with van der Waals surface area (Å²) in [5, 5.41) is 6.14. The fraction of sp³-hybridized carbons (Fsp3) is 0.391. The summed E-state index contributed by atoms with van der Waals surface area (Å²) >= 11 is 5.84. The van der Waals surface area contributed by atoms with Gasteiger partial charge in [0.25, 0.3) is 5.91 Å². The highest BCUT2D eigenvalue weighted by Gasteiger charge is 2.29. The Hall–Kier alpha value is -2.93. The maximum Gasteiger partial charge on any atom is 0.258 e. The van der Waals surface area contributed by atoms with E-state index in [-0.39, 0.29) is 29.7 Å². The topological polar surface area (TPSA) is 91.4 Å². The molecule has 0 aliphatic heterocycles. The molecule has 0 spiro atoms. The van der Waals surface area contributed by atoms with Gasteiger partial charge in [0.05, 0.1) is 16.3 Å². The predicted octanol–water partition coefficient (Wildman–Crippen LogP) is 4.27. The number of nitrogens with one attached hydrogen (secondary N) is 2. The Morgan fingerprint density at radius 1 is 1.06 bits per heavy atom. The van der Waals surface area contributed by atoms with Crippen LogP contribution in [0.25, 0.3) is 0 Å². The van der Waals surface area contributed by atoms with Crippen molar-refractivity contribution in [1.29, 1.82) is 0 Å². The molecular weight excluding hydrogens is 416 g/mol. The van der Waals surface area contributed by atoms with E-state index >= 15 is 0 Å². The molecule has 7 nitrogen and oxygen atoms in total. The van der Waals surface area contributed by atoms with Gasteiger partial charge in [-0.3, -0.25) is 14.4 Å². The zero-order chi connectivity index (χ0) is 22.5. The smallest absolute Gasteiger partial charge is 0.258 e. The van der Waals surface area contributed by atoms with Crippen LogP contribution in [-0.4, -0.2) is 40.7 Å². The molecule has 0 unspecified atom stereocenters. The van der Waals surface area contributed by atoms with E-state index in [0.29, 0.717) is 34.9 Å². The molecule has 31 heavy (non-hydrogen) atoms. The van der Waals surface area contributed by atoms with Crippen LogP contribution < -0.4 is 10.6 Å². The Kier molecular flexibility index (Phi) is 7.28. The molecule has 0 atom stereocenters. The van der Waals surface area contributed by atoms with Crippen LogP contribution >= 0.6 is 11.6 Å². The Morgan fingerprint density at radius 2 is 1.77 bits per heavy atom. The average Bonchev–Trinajstić information content (AvgIpc) is 2.76. The van der Waals surface area contributed by atoms with Crippen molar-refractivity contribution in [2.75, 3.05) is 17.7 Å². The molecule has 1 fully saturated rings. The molecule has 1 heterocycles. The number of rotatable bonds is 5. The monoisotopic (exact) mass is 442 g/mol. The molecule has 0 bridgehead atoms. The van der Waals surface area contributed by atoms with E-state index in [4.69, 9.17) is 11.6 Å². The fourth-order valence-electron chi connectivity index (χ4n) is 3.81. The number of aromatic nitrogens is 1. The predicted molar refractivity (Wildman–Crippen MR) is 121 cm³/mol. The second-order valence-corrected chi connectivity index (χ2v) is 8.43. The van der Waals surface area contributed by atoms with Gasteiger partial charge in [-0.2, -0.15) is 0 Å². The van der Waals surface area contributed by atoms with Crippen LogP contribution in [0.4, 0.5) is 11.5 Å². The zero-order valence-corrected chi connectivity index (χ0v) is 18.7. The summed E-state index contributed by atoms with van der Waals surface area (Å²) in [6.07, 6.45) is 4.44. The van der Waals surface area contributed by atoms with Gasteiger partial charge < -0.3 is 15.5 Å². The third-order valence-corrected chi connectivity index (χ3v) is 5.98. The Morgan fingerprint density at radius 3 is 2.39 bits per heavy atom. The van der Waals surface area contributed by atoms with E-state index in [1.165, 1.54) is 6.20 Å². The Bertz CT molecular complexity index is 969. The van der Waals surface area contributed by atoms with Gasteiger partial charge in [-0.25, -0.2) is 4.98 Å². The van der Waals surface area contributed by atoms with Crippen molar-refractivity contribution in [3.63, 3.8) is 0 Å². The van der Waals surface area contributed by atoms with E-state index in [1.807, 2.05) is 13.0 Å². The molecule has 1 aromatic carbocycles. The number of amides is 3. The van der Waals surface area contributed by atoms with Gasteiger partial charge in [-0.1, -0.05) is 23.2 Å². The molecule has 3 rings (SSSR count).